The second-order valence-electron chi connectivity index (χ2n) is 6.53. The van der Waals surface area contributed by atoms with E-state index in [2.05, 4.69) is 23.2 Å². The molecule has 1 heterocycles. The van der Waals surface area contributed by atoms with Gasteiger partial charge < -0.3 is 4.90 Å². The first kappa shape index (κ1) is 19.2. The maximum absolute atomic E-state index is 12.7. The smallest absolute Gasteiger partial charge is 0.233 e. The Morgan fingerprint density at radius 1 is 1.07 bits per heavy atom. The summed E-state index contributed by atoms with van der Waals surface area (Å²) in [5.74, 6) is 1.19. The van der Waals surface area contributed by atoms with Crippen LogP contribution in [-0.2, 0) is 4.79 Å². The summed E-state index contributed by atoms with van der Waals surface area (Å²) in [7, 11) is 1.85. The summed E-state index contributed by atoms with van der Waals surface area (Å²) in [6.45, 7) is 6.02. The number of nitrogens with zero attached hydrogens (tertiary/aromatic N) is 4. The van der Waals surface area contributed by atoms with Crippen LogP contribution >= 0.6 is 11.8 Å². The predicted molar refractivity (Wildman–Crippen MR) is 109 cm³/mol. The maximum atomic E-state index is 12.7. The summed E-state index contributed by atoms with van der Waals surface area (Å²) < 4.78 is 2.01. The van der Waals surface area contributed by atoms with Gasteiger partial charge in [0.05, 0.1) is 17.5 Å². The summed E-state index contributed by atoms with van der Waals surface area (Å²) in [4.78, 5) is 14.5. The molecule has 3 rings (SSSR count). The molecule has 27 heavy (non-hydrogen) atoms. The van der Waals surface area contributed by atoms with Gasteiger partial charge in [-0.3, -0.25) is 9.36 Å². The van der Waals surface area contributed by atoms with Crippen molar-refractivity contribution in [3.8, 4) is 5.69 Å². The fourth-order valence-corrected chi connectivity index (χ4v) is 3.84. The minimum absolute atomic E-state index is 0.0234. The van der Waals surface area contributed by atoms with Gasteiger partial charge in [-0.1, -0.05) is 60.3 Å². The van der Waals surface area contributed by atoms with Crippen LogP contribution in [0.25, 0.3) is 5.69 Å². The normalized spacial score (nSPS) is 12.0. The SMILES string of the molecule is Cc1ccccc1-n1c(C)nnc1SCC(=O)N(C)[C@H](C)c1ccccc1. The molecule has 3 aromatic rings. The van der Waals surface area contributed by atoms with E-state index in [4.69, 9.17) is 0 Å². The maximum Gasteiger partial charge on any atom is 0.233 e. The molecule has 5 nitrogen and oxygen atoms in total. The van der Waals surface area contributed by atoms with Crippen molar-refractivity contribution in [2.24, 2.45) is 0 Å². The quantitative estimate of drug-likeness (QED) is 0.602. The molecule has 0 radical (unpaired) electrons. The monoisotopic (exact) mass is 380 g/mol. The van der Waals surface area contributed by atoms with Crippen molar-refractivity contribution in [3.63, 3.8) is 0 Å². The highest BCUT2D eigenvalue weighted by atomic mass is 32.2. The van der Waals surface area contributed by atoms with E-state index in [0.29, 0.717) is 5.75 Å². The molecule has 0 N–H and O–H groups in total. The highest BCUT2D eigenvalue weighted by molar-refractivity contribution is 7.99. The van der Waals surface area contributed by atoms with Crippen molar-refractivity contribution in [1.29, 1.82) is 0 Å². The van der Waals surface area contributed by atoms with Crippen molar-refractivity contribution in [3.05, 3.63) is 71.5 Å². The Kier molecular flexibility index (Phi) is 5.96. The zero-order valence-corrected chi connectivity index (χ0v) is 16.9. The fraction of sp³-hybridized carbons (Fsp3) is 0.286. The number of carbonyl (C=O) groups excluding carboxylic acids is 1. The van der Waals surface area contributed by atoms with Gasteiger partial charge in [0.25, 0.3) is 0 Å². The Morgan fingerprint density at radius 2 is 1.74 bits per heavy atom. The topological polar surface area (TPSA) is 51.0 Å². The molecular formula is C21H24N4OS. The number of amides is 1. The van der Waals surface area contributed by atoms with E-state index in [1.165, 1.54) is 11.8 Å². The lowest BCUT2D eigenvalue weighted by atomic mass is 10.1. The van der Waals surface area contributed by atoms with Crippen LogP contribution in [0.1, 0.15) is 29.9 Å². The first-order chi connectivity index (χ1) is 13.0. The Labute approximate surface area is 164 Å². The summed E-state index contributed by atoms with van der Waals surface area (Å²) in [5.41, 5.74) is 3.31. The third kappa shape index (κ3) is 4.22. The number of hydrogen-bond donors (Lipinski definition) is 0. The number of thioether (sulfide) groups is 1. The summed E-state index contributed by atoms with van der Waals surface area (Å²) in [6.07, 6.45) is 0. The highest BCUT2D eigenvalue weighted by Crippen LogP contribution is 2.25. The lowest BCUT2D eigenvalue weighted by Crippen LogP contribution is -2.31. The van der Waals surface area contributed by atoms with E-state index in [1.807, 2.05) is 74.0 Å². The van der Waals surface area contributed by atoms with E-state index in [9.17, 15) is 4.79 Å². The number of aryl methyl sites for hydroxylation is 2. The van der Waals surface area contributed by atoms with Gasteiger partial charge in [-0.2, -0.15) is 0 Å². The molecule has 0 saturated carbocycles. The molecule has 140 valence electrons. The Balaban J connectivity index is 1.72. The largest absolute Gasteiger partial charge is 0.338 e. The third-order valence-electron chi connectivity index (χ3n) is 4.73. The molecule has 1 aromatic heterocycles. The first-order valence-corrected chi connectivity index (χ1v) is 9.89. The zero-order valence-electron chi connectivity index (χ0n) is 16.1. The van der Waals surface area contributed by atoms with Crippen LogP contribution in [0.3, 0.4) is 0 Å². The molecule has 1 atom stereocenters. The van der Waals surface area contributed by atoms with Gasteiger partial charge in [0.1, 0.15) is 5.82 Å². The molecule has 0 aliphatic rings. The highest BCUT2D eigenvalue weighted by Gasteiger charge is 2.19. The average molecular weight is 381 g/mol. The second kappa shape index (κ2) is 8.39. The van der Waals surface area contributed by atoms with Crippen molar-refractivity contribution in [1.82, 2.24) is 19.7 Å². The van der Waals surface area contributed by atoms with Gasteiger partial charge in [0.15, 0.2) is 5.16 Å². The predicted octanol–water partition coefficient (Wildman–Crippen LogP) is 4.20. The fourth-order valence-electron chi connectivity index (χ4n) is 2.93. The van der Waals surface area contributed by atoms with Gasteiger partial charge in [-0.25, -0.2) is 0 Å². The molecule has 2 aromatic carbocycles. The number of hydrogen-bond acceptors (Lipinski definition) is 4. The van der Waals surface area contributed by atoms with Crippen LogP contribution in [0.2, 0.25) is 0 Å². The van der Waals surface area contributed by atoms with Gasteiger partial charge in [-0.15, -0.1) is 10.2 Å². The van der Waals surface area contributed by atoms with E-state index in [-0.39, 0.29) is 11.9 Å². The van der Waals surface area contributed by atoms with E-state index in [0.717, 1.165) is 27.8 Å². The van der Waals surface area contributed by atoms with Crippen LogP contribution in [0.4, 0.5) is 0 Å². The number of aromatic nitrogens is 3. The molecule has 0 aliphatic carbocycles. The first-order valence-electron chi connectivity index (χ1n) is 8.90. The summed E-state index contributed by atoms with van der Waals surface area (Å²) in [6, 6.07) is 18.2. The van der Waals surface area contributed by atoms with Crippen LogP contribution in [0, 0.1) is 13.8 Å². The van der Waals surface area contributed by atoms with Gasteiger partial charge >= 0.3 is 0 Å². The van der Waals surface area contributed by atoms with Crippen molar-refractivity contribution in [2.45, 2.75) is 32.0 Å². The molecule has 0 unspecified atom stereocenters. The molecular weight excluding hydrogens is 356 g/mol. The van der Waals surface area contributed by atoms with Crippen LogP contribution in [0.15, 0.2) is 59.8 Å². The average Bonchev–Trinajstić information content (AvgIpc) is 3.06. The van der Waals surface area contributed by atoms with E-state index >= 15 is 0 Å². The lowest BCUT2D eigenvalue weighted by molar-refractivity contribution is -0.128. The van der Waals surface area contributed by atoms with Crippen LogP contribution in [0.5, 0.6) is 0 Å². The molecule has 6 heteroatoms. The second-order valence-corrected chi connectivity index (χ2v) is 7.47. The Morgan fingerprint density at radius 3 is 2.44 bits per heavy atom. The van der Waals surface area contributed by atoms with Gasteiger partial charge in [-0.05, 0) is 38.0 Å². The van der Waals surface area contributed by atoms with Crippen LogP contribution < -0.4 is 0 Å². The molecule has 0 saturated heterocycles. The van der Waals surface area contributed by atoms with Gasteiger partial charge in [0, 0.05) is 7.05 Å². The standard InChI is InChI=1S/C21H24N4OS/c1-15-10-8-9-13-19(15)25-17(3)22-23-21(25)27-14-20(26)24(4)16(2)18-11-6-5-7-12-18/h5-13,16H,14H2,1-4H3/t16-/m1/s1. The molecule has 0 spiro atoms. The third-order valence-corrected chi connectivity index (χ3v) is 5.65. The molecule has 1 amide bonds. The lowest BCUT2D eigenvalue weighted by Gasteiger charge is -2.25. The number of benzene rings is 2. The molecule has 0 bridgehead atoms. The van der Waals surface area contributed by atoms with Crippen molar-refractivity contribution < 1.29 is 4.79 Å². The minimum atomic E-state index is 0.0234. The molecule has 0 fully saturated rings. The summed E-state index contributed by atoms with van der Waals surface area (Å²) in [5, 5.41) is 9.21. The van der Waals surface area contributed by atoms with Crippen molar-refractivity contribution >= 4 is 17.7 Å². The zero-order chi connectivity index (χ0) is 19.4. The number of carbonyl (C=O) groups is 1. The van der Waals surface area contributed by atoms with E-state index < -0.39 is 0 Å². The minimum Gasteiger partial charge on any atom is -0.338 e. The van der Waals surface area contributed by atoms with Crippen LogP contribution in [-0.4, -0.2) is 38.4 Å². The van der Waals surface area contributed by atoms with Crippen molar-refractivity contribution in [2.75, 3.05) is 12.8 Å². The Bertz CT molecular complexity index is 923. The number of para-hydroxylation sites is 1. The van der Waals surface area contributed by atoms with Gasteiger partial charge in [0.2, 0.25) is 5.91 Å². The molecule has 0 aliphatic heterocycles. The summed E-state index contributed by atoms with van der Waals surface area (Å²) >= 11 is 1.42. The Hall–Kier alpha value is -2.60. The number of rotatable bonds is 6. The van der Waals surface area contributed by atoms with E-state index in [1.54, 1.807) is 4.90 Å².